The van der Waals surface area contributed by atoms with E-state index in [4.69, 9.17) is 11.5 Å². The monoisotopic (exact) mass is 298 g/mol. The molecule has 2 nitrogen and oxygen atoms in total. The number of allylic oxidation sites excluding steroid dienone is 2. The first-order valence-electron chi connectivity index (χ1n) is 8.53. The molecule has 0 amide bonds. The number of rotatable bonds is 7. The summed E-state index contributed by atoms with van der Waals surface area (Å²) >= 11 is 0. The zero-order chi connectivity index (χ0) is 15.9. The van der Waals surface area contributed by atoms with Crippen LogP contribution in [-0.4, -0.2) is 0 Å². The summed E-state index contributed by atoms with van der Waals surface area (Å²) in [6.07, 6.45) is 13.6. The summed E-state index contributed by atoms with van der Waals surface area (Å²) < 4.78 is 0. The smallest absolute Gasteiger partial charge is 0.0586 e. The van der Waals surface area contributed by atoms with Crippen molar-refractivity contribution in [2.45, 2.75) is 51.4 Å². The van der Waals surface area contributed by atoms with Crippen LogP contribution in [0.2, 0.25) is 0 Å². The summed E-state index contributed by atoms with van der Waals surface area (Å²) in [6.45, 7) is 7.62. The zero-order valence-corrected chi connectivity index (χ0v) is 13.7. The van der Waals surface area contributed by atoms with Crippen LogP contribution in [-0.2, 0) is 12.8 Å². The minimum atomic E-state index is 0.743. The van der Waals surface area contributed by atoms with E-state index >= 15 is 0 Å². The average Bonchev–Trinajstić information content (AvgIpc) is 2.53. The maximum atomic E-state index is 6.22. The maximum absolute atomic E-state index is 6.22. The zero-order valence-electron chi connectivity index (χ0n) is 13.7. The van der Waals surface area contributed by atoms with Gasteiger partial charge in [0.2, 0.25) is 0 Å². The number of hydrogen-bond acceptors (Lipinski definition) is 2. The maximum Gasteiger partial charge on any atom is 0.0586 e. The summed E-state index contributed by atoms with van der Waals surface area (Å²) in [5.41, 5.74) is 16.2. The number of anilines is 2. The van der Waals surface area contributed by atoms with E-state index in [9.17, 15) is 0 Å². The third-order valence-corrected chi connectivity index (χ3v) is 5.12. The van der Waals surface area contributed by atoms with E-state index in [1.807, 2.05) is 6.08 Å². The number of hydrogen-bond donors (Lipinski definition) is 2. The van der Waals surface area contributed by atoms with Gasteiger partial charge in [0.05, 0.1) is 11.4 Å². The molecule has 0 radical (unpaired) electrons. The van der Waals surface area contributed by atoms with Gasteiger partial charge in [0.1, 0.15) is 0 Å². The third-order valence-electron chi connectivity index (χ3n) is 5.12. The molecule has 0 aromatic heterocycles. The van der Waals surface area contributed by atoms with Crippen LogP contribution in [0.25, 0.3) is 0 Å². The molecule has 1 aromatic rings. The van der Waals surface area contributed by atoms with E-state index in [0.717, 1.165) is 41.6 Å². The second-order valence-electron chi connectivity index (χ2n) is 6.65. The quantitative estimate of drug-likeness (QED) is 0.556. The lowest BCUT2D eigenvalue weighted by atomic mass is 9.78. The molecule has 0 heterocycles. The Labute approximate surface area is 135 Å². The second-order valence-corrected chi connectivity index (χ2v) is 6.65. The summed E-state index contributed by atoms with van der Waals surface area (Å²) in [4.78, 5) is 0. The van der Waals surface area contributed by atoms with Gasteiger partial charge in [0, 0.05) is 0 Å². The standard InChI is InChI=1S/C20H30N2/c1-3-5-15-7-9-16(10-8-15)11-12-18-14-13-17(6-4-2)19(21)20(18)22/h3-4,13-16H,1-2,5-12,21-22H2/t15-,16-. The molecule has 1 aliphatic rings. The molecule has 2 heteroatoms. The number of nitrogen functional groups attached to an aromatic ring is 2. The molecule has 0 spiro atoms. The van der Waals surface area contributed by atoms with Crippen LogP contribution in [0, 0.1) is 11.8 Å². The topological polar surface area (TPSA) is 52.0 Å². The molecule has 2 rings (SSSR count). The van der Waals surface area contributed by atoms with Crippen molar-refractivity contribution >= 4 is 11.4 Å². The van der Waals surface area contributed by atoms with Gasteiger partial charge in [0.25, 0.3) is 0 Å². The van der Waals surface area contributed by atoms with Gasteiger partial charge in [0.15, 0.2) is 0 Å². The summed E-state index contributed by atoms with van der Waals surface area (Å²) in [7, 11) is 0. The Morgan fingerprint density at radius 3 is 2.14 bits per heavy atom. The van der Waals surface area contributed by atoms with E-state index < -0.39 is 0 Å². The molecular weight excluding hydrogens is 268 g/mol. The van der Waals surface area contributed by atoms with E-state index in [1.165, 1.54) is 44.1 Å². The Bertz CT molecular complexity index is 511. The van der Waals surface area contributed by atoms with Gasteiger partial charge < -0.3 is 11.5 Å². The van der Waals surface area contributed by atoms with Crippen LogP contribution in [0.15, 0.2) is 37.4 Å². The highest BCUT2D eigenvalue weighted by Gasteiger charge is 2.20. The van der Waals surface area contributed by atoms with Crippen molar-refractivity contribution in [2.75, 3.05) is 11.5 Å². The first-order valence-corrected chi connectivity index (χ1v) is 8.53. The Morgan fingerprint density at radius 2 is 1.50 bits per heavy atom. The van der Waals surface area contributed by atoms with Crippen molar-refractivity contribution in [3.8, 4) is 0 Å². The summed E-state index contributed by atoms with van der Waals surface area (Å²) in [5.74, 6) is 1.71. The highest BCUT2D eigenvalue weighted by atomic mass is 14.7. The second kappa shape index (κ2) is 8.07. The molecule has 0 unspecified atom stereocenters. The van der Waals surface area contributed by atoms with Crippen LogP contribution in [0.3, 0.4) is 0 Å². The van der Waals surface area contributed by atoms with Crippen molar-refractivity contribution in [1.82, 2.24) is 0 Å². The fourth-order valence-electron chi connectivity index (χ4n) is 3.63. The molecule has 0 atom stereocenters. The molecule has 4 N–H and O–H groups in total. The van der Waals surface area contributed by atoms with Gasteiger partial charge in [-0.2, -0.15) is 0 Å². The fraction of sp³-hybridized carbons (Fsp3) is 0.500. The fourth-order valence-corrected chi connectivity index (χ4v) is 3.63. The Kier molecular flexibility index (Phi) is 6.11. The normalized spacial score (nSPS) is 21.5. The number of nitrogens with two attached hydrogens (primary N) is 2. The summed E-state index contributed by atoms with van der Waals surface area (Å²) in [6, 6.07) is 4.25. The van der Waals surface area contributed by atoms with E-state index in [-0.39, 0.29) is 0 Å². The predicted octanol–water partition coefficient (Wildman–Crippen LogP) is 4.89. The lowest BCUT2D eigenvalue weighted by Crippen LogP contribution is -2.15. The van der Waals surface area contributed by atoms with E-state index in [0.29, 0.717) is 0 Å². The minimum Gasteiger partial charge on any atom is -0.397 e. The molecule has 1 fully saturated rings. The molecular formula is C20H30N2. The van der Waals surface area contributed by atoms with Crippen molar-refractivity contribution < 1.29 is 0 Å². The number of aryl methyl sites for hydroxylation is 1. The molecule has 1 aromatic carbocycles. The molecule has 1 saturated carbocycles. The van der Waals surface area contributed by atoms with Gasteiger partial charge in [-0.3, -0.25) is 0 Å². The van der Waals surface area contributed by atoms with Gasteiger partial charge in [-0.05, 0) is 61.5 Å². The number of benzene rings is 1. The molecule has 1 aliphatic carbocycles. The highest BCUT2D eigenvalue weighted by Crippen LogP contribution is 2.34. The largest absolute Gasteiger partial charge is 0.397 e. The van der Waals surface area contributed by atoms with Crippen molar-refractivity contribution in [1.29, 1.82) is 0 Å². The van der Waals surface area contributed by atoms with Crippen LogP contribution in [0.1, 0.15) is 49.7 Å². The highest BCUT2D eigenvalue weighted by molar-refractivity contribution is 5.71. The minimum absolute atomic E-state index is 0.743. The van der Waals surface area contributed by atoms with Gasteiger partial charge in [-0.1, -0.05) is 37.1 Å². The third kappa shape index (κ3) is 4.16. The molecule has 22 heavy (non-hydrogen) atoms. The van der Waals surface area contributed by atoms with E-state index in [2.05, 4.69) is 31.4 Å². The lowest BCUT2D eigenvalue weighted by molar-refractivity contribution is 0.265. The Morgan fingerprint density at radius 1 is 0.909 bits per heavy atom. The van der Waals surface area contributed by atoms with Crippen LogP contribution < -0.4 is 11.5 Å². The van der Waals surface area contributed by atoms with Crippen molar-refractivity contribution in [3.63, 3.8) is 0 Å². The van der Waals surface area contributed by atoms with Crippen LogP contribution in [0.4, 0.5) is 11.4 Å². The Balaban J connectivity index is 1.88. The van der Waals surface area contributed by atoms with Crippen molar-refractivity contribution in [2.24, 2.45) is 11.8 Å². The molecule has 120 valence electrons. The van der Waals surface area contributed by atoms with Gasteiger partial charge in [-0.15, -0.1) is 13.2 Å². The van der Waals surface area contributed by atoms with Crippen molar-refractivity contribution in [3.05, 3.63) is 48.6 Å². The molecule has 0 saturated heterocycles. The van der Waals surface area contributed by atoms with Gasteiger partial charge in [-0.25, -0.2) is 0 Å². The van der Waals surface area contributed by atoms with E-state index in [1.54, 1.807) is 0 Å². The average molecular weight is 298 g/mol. The first-order chi connectivity index (χ1) is 10.7. The Hall–Kier alpha value is -1.70. The van der Waals surface area contributed by atoms with Crippen LogP contribution >= 0.6 is 0 Å². The first kappa shape index (κ1) is 16.7. The SMILES string of the molecule is C=CCc1ccc(CC[C@H]2CC[C@H](CC=C)CC2)c(N)c1N. The summed E-state index contributed by atoms with van der Waals surface area (Å²) in [5, 5.41) is 0. The predicted molar refractivity (Wildman–Crippen MR) is 97.8 cm³/mol. The van der Waals surface area contributed by atoms with Gasteiger partial charge >= 0.3 is 0 Å². The lowest BCUT2D eigenvalue weighted by Gasteiger charge is -2.28. The molecule has 0 aliphatic heterocycles. The molecule has 0 bridgehead atoms. The van der Waals surface area contributed by atoms with Crippen LogP contribution in [0.5, 0.6) is 0 Å².